The Morgan fingerprint density at radius 3 is 2.88 bits per heavy atom. The summed E-state index contributed by atoms with van der Waals surface area (Å²) in [4.78, 5) is 35.1. The summed E-state index contributed by atoms with van der Waals surface area (Å²) >= 11 is 7.24. The first-order valence-corrected chi connectivity index (χ1v) is 9.26. The van der Waals surface area contributed by atoms with Gasteiger partial charge >= 0.3 is 11.9 Å². The summed E-state index contributed by atoms with van der Waals surface area (Å²) in [5, 5.41) is 10.2. The summed E-state index contributed by atoms with van der Waals surface area (Å²) in [5.41, 5.74) is 0.698. The number of esters is 1. The topological polar surface area (TPSA) is 92.6 Å². The van der Waals surface area contributed by atoms with Gasteiger partial charge in [0.05, 0.1) is 12.0 Å². The summed E-state index contributed by atoms with van der Waals surface area (Å²) in [6, 6.07) is -0.649. The minimum Gasteiger partial charge on any atom is -0.480 e. The van der Waals surface area contributed by atoms with Gasteiger partial charge in [-0.3, -0.25) is 0 Å². The van der Waals surface area contributed by atoms with Gasteiger partial charge in [-0.05, 0) is 43.4 Å². The van der Waals surface area contributed by atoms with Gasteiger partial charge in [0.25, 0.3) is 0 Å². The average Bonchev–Trinajstić information content (AvgIpc) is 3.17. The number of fused-ring (bicyclic) bond motifs is 1. The van der Waals surface area contributed by atoms with Crippen LogP contribution in [-0.2, 0) is 9.53 Å². The van der Waals surface area contributed by atoms with Crippen molar-refractivity contribution in [3.63, 3.8) is 0 Å². The highest BCUT2D eigenvalue weighted by molar-refractivity contribution is 7.20. The third-order valence-electron chi connectivity index (χ3n) is 4.18. The molecule has 7 nitrogen and oxygen atoms in total. The van der Waals surface area contributed by atoms with Gasteiger partial charge in [0.15, 0.2) is 0 Å². The maximum absolute atomic E-state index is 12.3. The molecule has 0 radical (unpaired) electrons. The Balaban J connectivity index is 2.11. The number of thiophene rings is 1. The minimum absolute atomic E-state index is 0.0354. The van der Waals surface area contributed by atoms with E-state index in [9.17, 15) is 14.7 Å². The van der Waals surface area contributed by atoms with E-state index in [2.05, 4.69) is 9.97 Å². The standard InChI is InChI=1S/C16H18ClN3O4S/c1-3-7-24-15(23)11-8(2)10-12(18-16(17)19-13(10)25-11)20-6-4-5-9(20)14(21)22/h9H,3-7H2,1-2H3,(H,21,22). The number of nitrogens with zero attached hydrogens (tertiary/aromatic N) is 3. The van der Waals surface area contributed by atoms with E-state index in [-0.39, 0.29) is 5.28 Å². The van der Waals surface area contributed by atoms with Gasteiger partial charge in [-0.25, -0.2) is 14.6 Å². The molecule has 0 amide bonds. The molecule has 1 fully saturated rings. The first-order valence-electron chi connectivity index (χ1n) is 8.07. The van der Waals surface area contributed by atoms with Crippen molar-refractivity contribution in [3.8, 4) is 0 Å². The van der Waals surface area contributed by atoms with Crippen LogP contribution >= 0.6 is 22.9 Å². The van der Waals surface area contributed by atoms with E-state index in [0.29, 0.717) is 46.0 Å². The lowest BCUT2D eigenvalue weighted by Crippen LogP contribution is -2.36. The number of carbonyl (C=O) groups excluding carboxylic acids is 1. The summed E-state index contributed by atoms with van der Waals surface area (Å²) in [5.74, 6) is -0.820. The highest BCUT2D eigenvalue weighted by atomic mass is 35.5. The Bertz CT molecular complexity index is 838. The van der Waals surface area contributed by atoms with Crippen LogP contribution in [0.2, 0.25) is 5.28 Å². The third-order valence-corrected chi connectivity index (χ3v) is 5.51. The number of aliphatic carboxylic acids is 1. The van der Waals surface area contributed by atoms with Crippen LogP contribution < -0.4 is 4.90 Å². The molecule has 0 aliphatic carbocycles. The third kappa shape index (κ3) is 3.28. The van der Waals surface area contributed by atoms with Gasteiger partial charge in [0.1, 0.15) is 21.6 Å². The quantitative estimate of drug-likeness (QED) is 0.625. The zero-order valence-electron chi connectivity index (χ0n) is 13.9. The number of carboxylic acids is 1. The molecule has 134 valence electrons. The van der Waals surface area contributed by atoms with Crippen LogP contribution in [0.4, 0.5) is 5.82 Å². The van der Waals surface area contributed by atoms with Crippen molar-refractivity contribution in [2.24, 2.45) is 0 Å². The van der Waals surface area contributed by atoms with E-state index >= 15 is 0 Å². The molecular formula is C16H18ClN3O4S. The number of carboxylic acid groups (broad SMARTS) is 1. The molecule has 9 heteroatoms. The zero-order valence-corrected chi connectivity index (χ0v) is 15.5. The molecule has 1 N–H and O–H groups in total. The summed E-state index contributed by atoms with van der Waals surface area (Å²) in [7, 11) is 0. The van der Waals surface area contributed by atoms with Crippen LogP contribution in [0.25, 0.3) is 10.2 Å². The molecule has 1 atom stereocenters. The average molecular weight is 384 g/mol. The smallest absolute Gasteiger partial charge is 0.348 e. The fourth-order valence-electron chi connectivity index (χ4n) is 3.03. The van der Waals surface area contributed by atoms with Crippen molar-refractivity contribution in [3.05, 3.63) is 15.7 Å². The summed E-state index contributed by atoms with van der Waals surface area (Å²) in [6.07, 6.45) is 2.04. The molecule has 2 aromatic rings. The van der Waals surface area contributed by atoms with Crippen molar-refractivity contribution < 1.29 is 19.4 Å². The molecule has 0 aromatic carbocycles. The molecular weight excluding hydrogens is 366 g/mol. The molecule has 1 saturated heterocycles. The summed E-state index contributed by atoms with van der Waals surface area (Å²) < 4.78 is 5.23. The number of anilines is 1. The maximum Gasteiger partial charge on any atom is 0.348 e. The van der Waals surface area contributed by atoms with Crippen molar-refractivity contribution in [2.75, 3.05) is 18.1 Å². The number of carbonyl (C=O) groups is 2. The maximum atomic E-state index is 12.3. The second-order valence-electron chi connectivity index (χ2n) is 5.88. The zero-order chi connectivity index (χ0) is 18.1. The molecule has 25 heavy (non-hydrogen) atoms. The number of aryl methyl sites for hydroxylation is 1. The predicted octanol–water partition coefficient (Wildman–Crippen LogP) is 3.27. The molecule has 0 bridgehead atoms. The number of rotatable bonds is 5. The monoisotopic (exact) mass is 383 g/mol. The number of ether oxygens (including phenoxy) is 1. The lowest BCUT2D eigenvalue weighted by atomic mass is 10.1. The second kappa shape index (κ2) is 7.13. The Hall–Kier alpha value is -1.93. The highest BCUT2D eigenvalue weighted by Gasteiger charge is 2.34. The van der Waals surface area contributed by atoms with Gasteiger partial charge in [-0.2, -0.15) is 4.98 Å². The molecule has 0 spiro atoms. The van der Waals surface area contributed by atoms with E-state index in [1.165, 1.54) is 11.3 Å². The summed E-state index contributed by atoms with van der Waals surface area (Å²) in [6.45, 7) is 4.64. The van der Waals surface area contributed by atoms with Crippen molar-refractivity contribution in [1.82, 2.24) is 9.97 Å². The van der Waals surface area contributed by atoms with E-state index in [1.807, 2.05) is 6.92 Å². The Kier molecular flexibility index (Phi) is 5.10. The first-order chi connectivity index (χ1) is 11.9. The molecule has 3 rings (SSSR count). The number of aromatic nitrogens is 2. The van der Waals surface area contributed by atoms with Crippen LogP contribution in [0.3, 0.4) is 0 Å². The van der Waals surface area contributed by atoms with Gasteiger partial charge in [0, 0.05) is 6.54 Å². The van der Waals surface area contributed by atoms with Gasteiger partial charge in [-0.1, -0.05) is 6.92 Å². The van der Waals surface area contributed by atoms with Gasteiger partial charge < -0.3 is 14.7 Å². The fraction of sp³-hybridized carbons (Fsp3) is 0.500. The fourth-order valence-corrected chi connectivity index (χ4v) is 4.32. The normalized spacial score (nSPS) is 17.2. The SMILES string of the molecule is CCCOC(=O)c1sc2nc(Cl)nc(N3CCCC3C(=O)O)c2c1C. The molecule has 1 aliphatic heterocycles. The lowest BCUT2D eigenvalue weighted by molar-refractivity contribution is -0.138. The first kappa shape index (κ1) is 17.9. The number of halogens is 1. The van der Waals surface area contributed by atoms with Crippen molar-refractivity contribution in [1.29, 1.82) is 0 Å². The molecule has 2 aromatic heterocycles. The minimum atomic E-state index is -0.893. The second-order valence-corrected chi connectivity index (χ2v) is 7.22. The van der Waals surface area contributed by atoms with Crippen LogP contribution in [0, 0.1) is 6.92 Å². The molecule has 1 aliphatic rings. The Labute approximate surface area is 153 Å². The highest BCUT2D eigenvalue weighted by Crippen LogP contribution is 2.38. The van der Waals surface area contributed by atoms with E-state index in [1.54, 1.807) is 11.8 Å². The predicted molar refractivity (Wildman–Crippen MR) is 95.7 cm³/mol. The van der Waals surface area contributed by atoms with Crippen LogP contribution in [0.15, 0.2) is 0 Å². The van der Waals surface area contributed by atoms with Gasteiger partial charge in [-0.15, -0.1) is 11.3 Å². The van der Waals surface area contributed by atoms with Crippen molar-refractivity contribution >= 4 is 50.9 Å². The van der Waals surface area contributed by atoms with Crippen LogP contribution in [0.5, 0.6) is 0 Å². The van der Waals surface area contributed by atoms with Crippen molar-refractivity contribution in [2.45, 2.75) is 39.2 Å². The molecule has 1 unspecified atom stereocenters. The van der Waals surface area contributed by atoms with E-state index in [4.69, 9.17) is 16.3 Å². The largest absolute Gasteiger partial charge is 0.480 e. The van der Waals surface area contributed by atoms with E-state index in [0.717, 1.165) is 12.8 Å². The van der Waals surface area contributed by atoms with Crippen LogP contribution in [0.1, 0.15) is 41.4 Å². The van der Waals surface area contributed by atoms with Crippen LogP contribution in [-0.4, -0.2) is 46.2 Å². The Morgan fingerprint density at radius 2 is 2.20 bits per heavy atom. The molecule has 3 heterocycles. The lowest BCUT2D eigenvalue weighted by Gasteiger charge is -2.23. The van der Waals surface area contributed by atoms with E-state index < -0.39 is 18.0 Å². The van der Waals surface area contributed by atoms with Gasteiger partial charge in [0.2, 0.25) is 5.28 Å². The number of hydrogen-bond acceptors (Lipinski definition) is 7. The molecule has 0 saturated carbocycles. The number of hydrogen-bond donors (Lipinski definition) is 1. The Morgan fingerprint density at radius 1 is 1.44 bits per heavy atom.